The second-order valence-electron chi connectivity index (χ2n) is 5.39. The molecular weight excluding hydrogens is 250 g/mol. The number of rotatable bonds is 3. The summed E-state index contributed by atoms with van der Waals surface area (Å²) in [5.74, 6) is 0. The number of hydrogen-bond acceptors (Lipinski definition) is 3. The van der Waals surface area contributed by atoms with Gasteiger partial charge in [-0.1, -0.05) is 29.8 Å². The van der Waals surface area contributed by atoms with E-state index in [2.05, 4.69) is 0 Å². The van der Waals surface area contributed by atoms with E-state index in [1.165, 1.54) is 0 Å². The molecule has 4 atom stereocenters. The van der Waals surface area contributed by atoms with E-state index in [0.717, 1.165) is 24.8 Å². The SMILES string of the molecule is NCC1(C(O)c2ccccc2Cl)CC2CCC1O2. The number of aliphatic hydroxyl groups excluding tert-OH is 1. The summed E-state index contributed by atoms with van der Waals surface area (Å²) >= 11 is 6.18. The van der Waals surface area contributed by atoms with E-state index in [4.69, 9.17) is 22.1 Å². The van der Waals surface area contributed by atoms with Crippen molar-refractivity contribution < 1.29 is 9.84 Å². The van der Waals surface area contributed by atoms with Crippen LogP contribution in [0.15, 0.2) is 24.3 Å². The summed E-state index contributed by atoms with van der Waals surface area (Å²) in [6, 6.07) is 7.43. The molecule has 2 fully saturated rings. The number of fused-ring (bicyclic) bond motifs is 2. The number of halogens is 1. The summed E-state index contributed by atoms with van der Waals surface area (Å²) in [6.45, 7) is 0.431. The zero-order valence-electron chi connectivity index (χ0n) is 10.2. The number of nitrogens with two attached hydrogens (primary N) is 1. The maximum atomic E-state index is 10.7. The Balaban J connectivity index is 1.96. The quantitative estimate of drug-likeness (QED) is 0.883. The van der Waals surface area contributed by atoms with Crippen LogP contribution in [0.25, 0.3) is 0 Å². The maximum Gasteiger partial charge on any atom is 0.0898 e. The van der Waals surface area contributed by atoms with E-state index in [-0.39, 0.29) is 17.6 Å². The molecule has 2 aliphatic heterocycles. The van der Waals surface area contributed by atoms with Crippen molar-refractivity contribution in [1.82, 2.24) is 0 Å². The second-order valence-corrected chi connectivity index (χ2v) is 5.80. The lowest BCUT2D eigenvalue weighted by Gasteiger charge is -2.39. The van der Waals surface area contributed by atoms with Crippen LogP contribution in [0, 0.1) is 5.41 Å². The van der Waals surface area contributed by atoms with Crippen molar-refractivity contribution in [3.63, 3.8) is 0 Å². The van der Waals surface area contributed by atoms with Gasteiger partial charge in [-0.25, -0.2) is 0 Å². The number of hydrogen-bond donors (Lipinski definition) is 2. The molecule has 98 valence electrons. The van der Waals surface area contributed by atoms with Gasteiger partial charge >= 0.3 is 0 Å². The first-order chi connectivity index (χ1) is 8.67. The summed E-state index contributed by atoms with van der Waals surface area (Å²) < 4.78 is 5.88. The molecule has 0 spiro atoms. The Morgan fingerprint density at radius 1 is 1.44 bits per heavy atom. The van der Waals surface area contributed by atoms with Gasteiger partial charge in [-0.3, -0.25) is 0 Å². The minimum absolute atomic E-state index is 0.0683. The van der Waals surface area contributed by atoms with Gasteiger partial charge in [0.1, 0.15) is 0 Å². The Morgan fingerprint density at radius 2 is 2.22 bits per heavy atom. The highest BCUT2D eigenvalue weighted by Gasteiger charge is 2.55. The summed E-state index contributed by atoms with van der Waals surface area (Å²) in [7, 11) is 0. The van der Waals surface area contributed by atoms with Crippen LogP contribution in [0.1, 0.15) is 30.9 Å². The highest BCUT2D eigenvalue weighted by atomic mass is 35.5. The molecule has 0 saturated carbocycles. The summed E-state index contributed by atoms with van der Waals surface area (Å²) in [5.41, 5.74) is 6.36. The van der Waals surface area contributed by atoms with Crippen molar-refractivity contribution in [2.24, 2.45) is 11.1 Å². The van der Waals surface area contributed by atoms with Gasteiger partial charge < -0.3 is 15.6 Å². The highest BCUT2D eigenvalue weighted by Crippen LogP contribution is 2.54. The third-order valence-corrected chi connectivity index (χ3v) is 4.83. The predicted octanol–water partition coefficient (Wildman–Crippen LogP) is 2.27. The fourth-order valence-corrected chi connectivity index (χ4v) is 3.69. The van der Waals surface area contributed by atoms with Crippen LogP contribution in [0.4, 0.5) is 0 Å². The van der Waals surface area contributed by atoms with E-state index in [1.54, 1.807) is 6.07 Å². The summed E-state index contributed by atoms with van der Waals surface area (Å²) in [6.07, 6.45) is 2.59. The van der Waals surface area contributed by atoms with E-state index in [9.17, 15) is 5.11 Å². The highest BCUT2D eigenvalue weighted by molar-refractivity contribution is 6.31. The molecule has 1 aromatic carbocycles. The van der Waals surface area contributed by atoms with Crippen LogP contribution in [-0.2, 0) is 4.74 Å². The van der Waals surface area contributed by atoms with E-state index < -0.39 is 6.10 Å². The van der Waals surface area contributed by atoms with Crippen LogP contribution in [0.2, 0.25) is 5.02 Å². The van der Waals surface area contributed by atoms with Gasteiger partial charge in [-0.2, -0.15) is 0 Å². The first-order valence-corrected chi connectivity index (χ1v) is 6.83. The zero-order chi connectivity index (χ0) is 12.8. The molecule has 0 radical (unpaired) electrons. The molecule has 3 N–H and O–H groups in total. The average molecular weight is 268 g/mol. The molecule has 3 nitrogen and oxygen atoms in total. The first kappa shape index (κ1) is 12.4. The minimum Gasteiger partial charge on any atom is -0.388 e. The second kappa shape index (κ2) is 4.49. The van der Waals surface area contributed by atoms with Crippen molar-refractivity contribution >= 4 is 11.6 Å². The Bertz CT molecular complexity index is 453. The van der Waals surface area contributed by atoms with Crippen LogP contribution >= 0.6 is 11.6 Å². The fourth-order valence-electron chi connectivity index (χ4n) is 3.45. The van der Waals surface area contributed by atoms with Crippen molar-refractivity contribution in [3.05, 3.63) is 34.9 Å². The van der Waals surface area contributed by atoms with Gasteiger partial charge in [0.25, 0.3) is 0 Å². The van der Waals surface area contributed by atoms with Crippen molar-refractivity contribution in [1.29, 1.82) is 0 Å². The first-order valence-electron chi connectivity index (χ1n) is 6.45. The van der Waals surface area contributed by atoms with Gasteiger partial charge in [-0.15, -0.1) is 0 Å². The van der Waals surface area contributed by atoms with E-state index in [1.807, 2.05) is 18.2 Å². The van der Waals surface area contributed by atoms with Gasteiger partial charge in [0, 0.05) is 17.0 Å². The lowest BCUT2D eigenvalue weighted by molar-refractivity contribution is -0.0263. The normalized spacial score (nSPS) is 35.9. The van der Waals surface area contributed by atoms with Crippen molar-refractivity contribution in [2.45, 2.75) is 37.6 Å². The topological polar surface area (TPSA) is 55.5 Å². The summed E-state index contributed by atoms with van der Waals surface area (Å²) in [4.78, 5) is 0. The Morgan fingerprint density at radius 3 is 2.78 bits per heavy atom. The number of benzene rings is 1. The molecule has 2 heterocycles. The third kappa shape index (κ3) is 1.69. The Hall–Kier alpha value is -0.610. The van der Waals surface area contributed by atoms with Crippen LogP contribution in [0.5, 0.6) is 0 Å². The third-order valence-electron chi connectivity index (χ3n) is 4.48. The average Bonchev–Trinajstić information content (AvgIpc) is 2.99. The molecule has 2 aliphatic rings. The van der Waals surface area contributed by atoms with Crippen LogP contribution in [0.3, 0.4) is 0 Å². The molecule has 0 aromatic heterocycles. The standard InChI is InChI=1S/C14H18ClNO2/c15-11-4-2-1-3-10(11)13(17)14(8-16)7-9-5-6-12(14)18-9/h1-4,9,12-13,17H,5-8,16H2. The lowest BCUT2D eigenvalue weighted by atomic mass is 9.68. The molecule has 2 bridgehead atoms. The van der Waals surface area contributed by atoms with E-state index in [0.29, 0.717) is 11.6 Å². The molecule has 2 saturated heterocycles. The smallest absolute Gasteiger partial charge is 0.0898 e. The molecule has 0 amide bonds. The summed E-state index contributed by atoms with van der Waals surface area (Å²) in [5, 5.41) is 11.3. The monoisotopic (exact) mass is 267 g/mol. The van der Waals surface area contributed by atoms with Crippen molar-refractivity contribution in [2.75, 3.05) is 6.54 Å². The molecule has 3 rings (SSSR count). The number of aliphatic hydroxyl groups is 1. The van der Waals surface area contributed by atoms with Gasteiger partial charge in [-0.05, 0) is 30.9 Å². The molecule has 1 aromatic rings. The molecule has 4 heteroatoms. The fraction of sp³-hybridized carbons (Fsp3) is 0.571. The minimum atomic E-state index is -0.647. The predicted molar refractivity (Wildman–Crippen MR) is 70.4 cm³/mol. The lowest BCUT2D eigenvalue weighted by Crippen LogP contribution is -2.44. The zero-order valence-corrected chi connectivity index (χ0v) is 10.9. The van der Waals surface area contributed by atoms with Gasteiger partial charge in [0.15, 0.2) is 0 Å². The van der Waals surface area contributed by atoms with Gasteiger partial charge in [0.05, 0.1) is 18.3 Å². The largest absolute Gasteiger partial charge is 0.388 e. The Kier molecular flexibility index (Phi) is 3.10. The molecule has 0 aliphatic carbocycles. The molecule has 18 heavy (non-hydrogen) atoms. The number of ether oxygens (including phenoxy) is 1. The van der Waals surface area contributed by atoms with Crippen LogP contribution in [-0.4, -0.2) is 23.9 Å². The molecular formula is C14H18ClNO2. The maximum absolute atomic E-state index is 10.7. The van der Waals surface area contributed by atoms with E-state index >= 15 is 0 Å². The van der Waals surface area contributed by atoms with Gasteiger partial charge in [0.2, 0.25) is 0 Å². The Labute approximate surface area is 112 Å². The molecule has 4 unspecified atom stereocenters. The van der Waals surface area contributed by atoms with Crippen LogP contribution < -0.4 is 5.73 Å². The van der Waals surface area contributed by atoms with Crippen molar-refractivity contribution in [3.8, 4) is 0 Å².